The molecule has 0 unspecified atom stereocenters. The summed E-state index contributed by atoms with van der Waals surface area (Å²) >= 11 is 1.25. The predicted octanol–water partition coefficient (Wildman–Crippen LogP) is 3.19. The number of fused-ring (bicyclic) bond motifs is 1. The Balaban J connectivity index is 1.63. The van der Waals surface area contributed by atoms with Gasteiger partial charge in [-0.2, -0.15) is 5.10 Å². The van der Waals surface area contributed by atoms with Crippen LogP contribution in [0.15, 0.2) is 52.7 Å². The number of nitrogens with one attached hydrogen (secondary N) is 1. The summed E-state index contributed by atoms with van der Waals surface area (Å²) in [5.41, 5.74) is 4.76. The number of aromatic nitrogens is 2. The number of benzene rings is 2. The molecule has 1 amide bonds. The van der Waals surface area contributed by atoms with E-state index < -0.39 is 0 Å². The molecule has 0 saturated heterocycles. The molecule has 2 N–H and O–H groups in total. The minimum Gasteiger partial charge on any atom is -0.507 e. The van der Waals surface area contributed by atoms with E-state index in [-0.39, 0.29) is 17.4 Å². The Morgan fingerprint density at radius 3 is 2.69 bits per heavy atom. The van der Waals surface area contributed by atoms with Crippen molar-refractivity contribution in [2.75, 3.05) is 5.75 Å². The van der Waals surface area contributed by atoms with E-state index in [0.29, 0.717) is 10.7 Å². The number of phenols is 1. The van der Waals surface area contributed by atoms with Crippen molar-refractivity contribution in [2.45, 2.75) is 19.0 Å². The number of aromatic hydroxyl groups is 1. The van der Waals surface area contributed by atoms with Gasteiger partial charge in [0.15, 0.2) is 5.16 Å². The molecule has 0 aliphatic heterocycles. The molecule has 26 heavy (non-hydrogen) atoms. The fourth-order valence-electron chi connectivity index (χ4n) is 2.51. The highest BCUT2D eigenvalue weighted by atomic mass is 32.2. The number of hydrazone groups is 1. The van der Waals surface area contributed by atoms with E-state index in [9.17, 15) is 9.90 Å². The van der Waals surface area contributed by atoms with Gasteiger partial charge in [-0.3, -0.25) is 4.79 Å². The number of hydrogen-bond donors (Lipinski definition) is 2. The predicted molar refractivity (Wildman–Crippen MR) is 104 cm³/mol. The van der Waals surface area contributed by atoms with Gasteiger partial charge >= 0.3 is 0 Å². The van der Waals surface area contributed by atoms with Gasteiger partial charge in [-0.1, -0.05) is 42.1 Å². The number of nitrogens with zero attached hydrogens (tertiary/aromatic N) is 3. The fourth-order valence-corrected chi connectivity index (χ4v) is 3.25. The van der Waals surface area contributed by atoms with Crippen LogP contribution in [0.4, 0.5) is 0 Å². The standard InChI is InChI=1S/C19H18N4O2S/c1-12-9-13(2)22-19(21-12)26-11-18(25)23-20-10-16-15-6-4-3-5-14(15)7-8-17(16)24/h3-10,24H,11H2,1-2H3,(H,23,25)/b20-10+. The summed E-state index contributed by atoms with van der Waals surface area (Å²) in [6, 6.07) is 13.0. The van der Waals surface area contributed by atoms with Gasteiger partial charge in [0, 0.05) is 17.0 Å². The first-order chi connectivity index (χ1) is 12.5. The normalized spacial score (nSPS) is 11.2. The van der Waals surface area contributed by atoms with E-state index >= 15 is 0 Å². The first kappa shape index (κ1) is 17.9. The van der Waals surface area contributed by atoms with Crippen molar-refractivity contribution < 1.29 is 9.90 Å². The quantitative estimate of drug-likeness (QED) is 0.313. The molecular weight excluding hydrogens is 348 g/mol. The molecule has 6 nitrogen and oxygen atoms in total. The molecule has 0 aliphatic carbocycles. The molecule has 3 aromatic rings. The van der Waals surface area contributed by atoms with Gasteiger partial charge in [-0.05, 0) is 36.8 Å². The van der Waals surface area contributed by atoms with Crippen molar-refractivity contribution in [2.24, 2.45) is 5.10 Å². The highest BCUT2D eigenvalue weighted by Gasteiger charge is 2.07. The second-order valence-electron chi connectivity index (χ2n) is 5.73. The van der Waals surface area contributed by atoms with Crippen molar-refractivity contribution in [1.82, 2.24) is 15.4 Å². The molecule has 132 valence electrons. The van der Waals surface area contributed by atoms with Gasteiger partial charge in [0.1, 0.15) is 5.75 Å². The molecule has 7 heteroatoms. The Labute approximate surface area is 155 Å². The molecule has 0 saturated carbocycles. The summed E-state index contributed by atoms with van der Waals surface area (Å²) in [5, 5.41) is 16.4. The largest absolute Gasteiger partial charge is 0.507 e. The molecule has 0 radical (unpaired) electrons. The molecular formula is C19H18N4O2S. The summed E-state index contributed by atoms with van der Waals surface area (Å²) in [6.45, 7) is 3.78. The number of rotatable bonds is 5. The third kappa shape index (κ3) is 4.37. The molecule has 3 rings (SSSR count). The molecule has 0 fully saturated rings. The molecule has 1 aromatic heterocycles. The summed E-state index contributed by atoms with van der Waals surface area (Å²) < 4.78 is 0. The minimum atomic E-state index is -0.270. The minimum absolute atomic E-state index is 0.111. The maximum absolute atomic E-state index is 12.0. The van der Waals surface area contributed by atoms with E-state index in [1.807, 2.05) is 50.2 Å². The summed E-state index contributed by atoms with van der Waals surface area (Å²) in [4.78, 5) is 20.5. The number of phenolic OH excluding ortho intramolecular Hbond substituents is 1. The Morgan fingerprint density at radius 2 is 1.92 bits per heavy atom. The van der Waals surface area contributed by atoms with Crippen LogP contribution < -0.4 is 5.43 Å². The lowest BCUT2D eigenvalue weighted by Crippen LogP contribution is -2.19. The zero-order chi connectivity index (χ0) is 18.5. The average Bonchev–Trinajstić information content (AvgIpc) is 2.61. The Bertz CT molecular complexity index is 968. The monoisotopic (exact) mass is 366 g/mol. The van der Waals surface area contributed by atoms with Gasteiger partial charge in [-0.25, -0.2) is 15.4 Å². The zero-order valence-corrected chi connectivity index (χ0v) is 15.2. The number of aryl methyl sites for hydroxylation is 2. The van der Waals surface area contributed by atoms with Crippen LogP contribution >= 0.6 is 11.8 Å². The number of hydrogen-bond acceptors (Lipinski definition) is 6. The van der Waals surface area contributed by atoms with E-state index in [1.165, 1.54) is 18.0 Å². The second-order valence-corrected chi connectivity index (χ2v) is 6.68. The molecule has 2 aromatic carbocycles. The van der Waals surface area contributed by atoms with Gasteiger partial charge in [-0.15, -0.1) is 0 Å². The SMILES string of the molecule is Cc1cc(C)nc(SCC(=O)N/N=C/c2c(O)ccc3ccccc23)n1. The van der Waals surface area contributed by atoms with E-state index in [4.69, 9.17) is 0 Å². The third-order valence-electron chi connectivity index (χ3n) is 3.62. The van der Waals surface area contributed by atoms with Crippen molar-refractivity contribution in [3.05, 3.63) is 59.4 Å². The topological polar surface area (TPSA) is 87.5 Å². The molecule has 0 atom stereocenters. The van der Waals surface area contributed by atoms with E-state index in [1.54, 1.807) is 6.07 Å². The van der Waals surface area contributed by atoms with Gasteiger partial charge < -0.3 is 5.11 Å². The number of thioether (sulfide) groups is 1. The number of carbonyl (C=O) groups excluding carboxylic acids is 1. The lowest BCUT2D eigenvalue weighted by atomic mass is 10.0. The van der Waals surface area contributed by atoms with Gasteiger partial charge in [0.25, 0.3) is 5.91 Å². The van der Waals surface area contributed by atoms with Gasteiger partial charge in [0.2, 0.25) is 0 Å². The van der Waals surface area contributed by atoms with Crippen molar-refractivity contribution in [1.29, 1.82) is 0 Å². The first-order valence-corrected chi connectivity index (χ1v) is 8.99. The number of amides is 1. The van der Waals surface area contributed by atoms with Crippen LogP contribution in [0.5, 0.6) is 5.75 Å². The molecule has 0 aliphatic rings. The zero-order valence-electron chi connectivity index (χ0n) is 14.4. The first-order valence-electron chi connectivity index (χ1n) is 8.00. The van der Waals surface area contributed by atoms with Crippen LogP contribution in [0.3, 0.4) is 0 Å². The lowest BCUT2D eigenvalue weighted by molar-refractivity contribution is -0.118. The van der Waals surface area contributed by atoms with Crippen LogP contribution in [0.25, 0.3) is 10.8 Å². The Hall–Kier alpha value is -2.93. The highest BCUT2D eigenvalue weighted by Crippen LogP contribution is 2.25. The summed E-state index contributed by atoms with van der Waals surface area (Å²) in [6.07, 6.45) is 1.45. The van der Waals surface area contributed by atoms with Crippen LogP contribution in [0.1, 0.15) is 17.0 Å². The maximum atomic E-state index is 12.0. The summed E-state index contributed by atoms with van der Waals surface area (Å²) in [5.74, 6) is -0.00433. The van der Waals surface area contributed by atoms with Crippen LogP contribution in [0, 0.1) is 13.8 Å². The molecule has 0 bridgehead atoms. The smallest absolute Gasteiger partial charge is 0.250 e. The van der Waals surface area contributed by atoms with E-state index in [2.05, 4.69) is 20.5 Å². The second kappa shape index (κ2) is 7.97. The van der Waals surface area contributed by atoms with Crippen molar-refractivity contribution in [3.63, 3.8) is 0 Å². The van der Waals surface area contributed by atoms with Crippen LogP contribution in [-0.4, -0.2) is 32.9 Å². The Morgan fingerprint density at radius 1 is 1.19 bits per heavy atom. The van der Waals surface area contributed by atoms with Crippen LogP contribution in [-0.2, 0) is 4.79 Å². The molecule has 1 heterocycles. The third-order valence-corrected chi connectivity index (χ3v) is 4.47. The molecule has 0 spiro atoms. The Kier molecular flexibility index (Phi) is 5.48. The van der Waals surface area contributed by atoms with E-state index in [0.717, 1.165) is 22.2 Å². The number of carbonyl (C=O) groups is 1. The fraction of sp³-hybridized carbons (Fsp3) is 0.158. The lowest BCUT2D eigenvalue weighted by Gasteiger charge is -2.05. The van der Waals surface area contributed by atoms with Crippen molar-refractivity contribution >= 4 is 34.7 Å². The van der Waals surface area contributed by atoms with Gasteiger partial charge in [0.05, 0.1) is 12.0 Å². The highest BCUT2D eigenvalue weighted by molar-refractivity contribution is 7.99. The van der Waals surface area contributed by atoms with Crippen LogP contribution in [0.2, 0.25) is 0 Å². The average molecular weight is 366 g/mol. The van der Waals surface area contributed by atoms with Crippen molar-refractivity contribution in [3.8, 4) is 5.75 Å². The summed E-state index contributed by atoms with van der Waals surface area (Å²) in [7, 11) is 0. The maximum Gasteiger partial charge on any atom is 0.250 e.